The van der Waals surface area contributed by atoms with Crippen molar-refractivity contribution in [1.82, 2.24) is 10.2 Å². The van der Waals surface area contributed by atoms with Gasteiger partial charge in [0.1, 0.15) is 5.54 Å². The van der Waals surface area contributed by atoms with E-state index in [2.05, 4.69) is 5.32 Å². The summed E-state index contributed by atoms with van der Waals surface area (Å²) in [7, 11) is 0. The summed E-state index contributed by atoms with van der Waals surface area (Å²) in [5.74, 6) is -0.0185. The second-order valence-electron chi connectivity index (χ2n) is 4.13. The Kier molecular flexibility index (Phi) is 2.01. The van der Waals surface area contributed by atoms with Gasteiger partial charge in [-0.15, -0.1) is 0 Å². The normalized spacial score (nSPS) is 25.4. The molecule has 0 aromatic carbocycles. The summed E-state index contributed by atoms with van der Waals surface area (Å²) in [5, 5.41) is 2.83. The molecule has 0 bridgehead atoms. The van der Waals surface area contributed by atoms with Crippen LogP contribution in [0, 0.1) is 0 Å². The first-order valence-corrected chi connectivity index (χ1v) is 5.30. The van der Waals surface area contributed by atoms with Crippen LogP contribution in [0.15, 0.2) is 0 Å². The zero-order valence-electron chi connectivity index (χ0n) is 8.67. The molecule has 1 aliphatic carbocycles. The van der Waals surface area contributed by atoms with E-state index in [-0.39, 0.29) is 18.0 Å². The molecular formula is C10H16N2O2. The molecule has 2 aliphatic rings. The third-order valence-electron chi connectivity index (χ3n) is 3.31. The van der Waals surface area contributed by atoms with Crippen molar-refractivity contribution in [1.29, 1.82) is 0 Å². The van der Waals surface area contributed by atoms with Gasteiger partial charge in [0.2, 0.25) is 0 Å². The van der Waals surface area contributed by atoms with Gasteiger partial charge in [-0.2, -0.15) is 0 Å². The van der Waals surface area contributed by atoms with Crippen LogP contribution >= 0.6 is 0 Å². The Labute approximate surface area is 83.6 Å². The number of nitrogens with zero attached hydrogens (tertiary/aromatic N) is 1. The molecule has 78 valence electrons. The van der Waals surface area contributed by atoms with Gasteiger partial charge in [-0.1, -0.05) is 13.8 Å². The van der Waals surface area contributed by atoms with E-state index in [0.29, 0.717) is 12.8 Å². The Morgan fingerprint density at radius 1 is 1.36 bits per heavy atom. The number of hydrogen-bond acceptors (Lipinski definition) is 2. The topological polar surface area (TPSA) is 49.4 Å². The minimum Gasteiger partial charge on any atom is -0.323 e. The molecule has 1 saturated carbocycles. The van der Waals surface area contributed by atoms with Crippen molar-refractivity contribution >= 4 is 11.9 Å². The largest absolute Gasteiger partial charge is 0.325 e. The highest BCUT2D eigenvalue weighted by atomic mass is 16.2. The highest BCUT2D eigenvalue weighted by Crippen LogP contribution is 2.34. The van der Waals surface area contributed by atoms with Crippen molar-refractivity contribution in [2.45, 2.75) is 51.1 Å². The molecule has 0 radical (unpaired) electrons. The first-order valence-electron chi connectivity index (χ1n) is 5.30. The minimum atomic E-state index is -0.611. The highest BCUT2D eigenvalue weighted by molar-refractivity contribution is 6.07. The number of nitrogens with one attached hydrogen (secondary N) is 1. The first kappa shape index (κ1) is 9.49. The summed E-state index contributed by atoms with van der Waals surface area (Å²) < 4.78 is 0. The molecule has 0 aromatic rings. The van der Waals surface area contributed by atoms with Crippen LogP contribution in [-0.4, -0.2) is 28.4 Å². The van der Waals surface area contributed by atoms with Gasteiger partial charge in [0.15, 0.2) is 0 Å². The molecular weight excluding hydrogens is 180 g/mol. The first-order chi connectivity index (χ1) is 6.64. The third kappa shape index (κ3) is 1.13. The Morgan fingerprint density at radius 2 is 1.93 bits per heavy atom. The molecule has 0 unspecified atom stereocenters. The lowest BCUT2D eigenvalue weighted by atomic mass is 9.93. The van der Waals surface area contributed by atoms with Gasteiger partial charge in [-0.05, 0) is 25.7 Å². The molecule has 1 aliphatic heterocycles. The Balaban J connectivity index is 2.24. The molecule has 4 nitrogen and oxygen atoms in total. The third-order valence-corrected chi connectivity index (χ3v) is 3.31. The molecule has 2 fully saturated rings. The SMILES string of the molecule is CCC1(CC)NC(=O)N(C2CC2)C1=O. The molecule has 1 saturated heterocycles. The van der Waals surface area contributed by atoms with Crippen LogP contribution in [0.4, 0.5) is 4.79 Å². The van der Waals surface area contributed by atoms with Crippen LogP contribution in [0.2, 0.25) is 0 Å². The van der Waals surface area contributed by atoms with Crippen LogP contribution in [-0.2, 0) is 4.79 Å². The summed E-state index contributed by atoms with van der Waals surface area (Å²) in [6, 6.07) is -0.0105. The van der Waals surface area contributed by atoms with Gasteiger partial charge >= 0.3 is 6.03 Å². The second kappa shape index (κ2) is 2.97. The van der Waals surface area contributed by atoms with Crippen LogP contribution in [0.25, 0.3) is 0 Å². The van der Waals surface area contributed by atoms with Crippen molar-refractivity contribution in [3.05, 3.63) is 0 Å². The van der Waals surface area contributed by atoms with E-state index >= 15 is 0 Å². The van der Waals surface area contributed by atoms with E-state index in [1.54, 1.807) is 0 Å². The average Bonchev–Trinajstić information content (AvgIpc) is 2.95. The van der Waals surface area contributed by atoms with E-state index in [4.69, 9.17) is 0 Å². The Hall–Kier alpha value is -1.06. The van der Waals surface area contributed by atoms with Crippen molar-refractivity contribution < 1.29 is 9.59 Å². The van der Waals surface area contributed by atoms with E-state index in [9.17, 15) is 9.59 Å². The van der Waals surface area contributed by atoms with Crippen molar-refractivity contribution in [3.8, 4) is 0 Å². The smallest absolute Gasteiger partial charge is 0.323 e. The Bertz CT molecular complexity index is 280. The number of carbonyl (C=O) groups is 2. The highest BCUT2D eigenvalue weighted by Gasteiger charge is 2.53. The molecule has 1 heterocycles. The average molecular weight is 196 g/mol. The fraction of sp³-hybridized carbons (Fsp3) is 0.800. The lowest BCUT2D eigenvalue weighted by Crippen LogP contribution is -2.45. The molecule has 0 aromatic heterocycles. The van der Waals surface area contributed by atoms with E-state index < -0.39 is 5.54 Å². The second-order valence-corrected chi connectivity index (χ2v) is 4.13. The van der Waals surface area contributed by atoms with Crippen LogP contribution in [0.5, 0.6) is 0 Å². The minimum absolute atomic E-state index is 0.0185. The van der Waals surface area contributed by atoms with Gasteiger partial charge in [0.05, 0.1) is 0 Å². The predicted molar refractivity (Wildman–Crippen MR) is 51.7 cm³/mol. The van der Waals surface area contributed by atoms with E-state index in [1.807, 2.05) is 13.8 Å². The zero-order valence-corrected chi connectivity index (χ0v) is 8.67. The van der Waals surface area contributed by atoms with Gasteiger partial charge in [0, 0.05) is 6.04 Å². The summed E-state index contributed by atoms with van der Waals surface area (Å²) in [6.07, 6.45) is 3.31. The van der Waals surface area contributed by atoms with Gasteiger partial charge < -0.3 is 5.32 Å². The van der Waals surface area contributed by atoms with Crippen LogP contribution in [0.3, 0.4) is 0 Å². The lowest BCUT2D eigenvalue weighted by molar-refractivity contribution is -0.131. The molecule has 1 N–H and O–H groups in total. The number of amides is 3. The summed E-state index contributed by atoms with van der Waals surface area (Å²) >= 11 is 0. The Morgan fingerprint density at radius 3 is 2.29 bits per heavy atom. The maximum Gasteiger partial charge on any atom is 0.325 e. The molecule has 3 amide bonds. The van der Waals surface area contributed by atoms with Crippen molar-refractivity contribution in [2.75, 3.05) is 0 Å². The fourth-order valence-corrected chi connectivity index (χ4v) is 2.03. The zero-order chi connectivity index (χ0) is 10.3. The molecule has 0 spiro atoms. The summed E-state index contributed by atoms with van der Waals surface area (Å²) in [5.41, 5.74) is -0.611. The van der Waals surface area contributed by atoms with E-state index in [1.165, 1.54) is 4.90 Å². The van der Waals surface area contributed by atoms with Crippen LogP contribution < -0.4 is 5.32 Å². The van der Waals surface area contributed by atoms with Gasteiger partial charge in [-0.25, -0.2) is 4.79 Å². The number of hydrogen-bond donors (Lipinski definition) is 1. The predicted octanol–water partition coefficient (Wildman–Crippen LogP) is 1.26. The standard InChI is InChI=1S/C10H16N2O2/c1-3-10(4-2)8(13)12(7-5-6-7)9(14)11-10/h7H,3-6H2,1-2H3,(H,11,14). The number of carbonyl (C=O) groups excluding carboxylic acids is 2. The molecule has 4 heteroatoms. The maximum absolute atomic E-state index is 12.0. The van der Waals surface area contributed by atoms with Gasteiger partial charge in [0.25, 0.3) is 5.91 Å². The molecule has 2 rings (SSSR count). The number of urea groups is 1. The number of imide groups is 1. The van der Waals surface area contributed by atoms with Crippen molar-refractivity contribution in [2.24, 2.45) is 0 Å². The lowest BCUT2D eigenvalue weighted by Gasteiger charge is -2.23. The monoisotopic (exact) mass is 196 g/mol. The van der Waals surface area contributed by atoms with Crippen LogP contribution in [0.1, 0.15) is 39.5 Å². The summed E-state index contributed by atoms with van der Waals surface area (Å²) in [4.78, 5) is 25.0. The molecule has 0 atom stereocenters. The summed E-state index contributed by atoms with van der Waals surface area (Å²) in [6.45, 7) is 3.89. The van der Waals surface area contributed by atoms with E-state index in [0.717, 1.165) is 12.8 Å². The molecule has 14 heavy (non-hydrogen) atoms. The maximum atomic E-state index is 12.0. The number of rotatable bonds is 3. The quantitative estimate of drug-likeness (QED) is 0.691. The van der Waals surface area contributed by atoms with Gasteiger partial charge in [-0.3, -0.25) is 9.69 Å². The fourth-order valence-electron chi connectivity index (χ4n) is 2.03. The van der Waals surface area contributed by atoms with Crippen molar-refractivity contribution in [3.63, 3.8) is 0 Å².